The maximum Gasteiger partial charge on any atom is 0.294 e. The normalized spacial score (nSPS) is 17.8. The summed E-state index contributed by atoms with van der Waals surface area (Å²) in [6.45, 7) is -0.148. The van der Waals surface area contributed by atoms with Gasteiger partial charge in [0.2, 0.25) is 26.5 Å². The molecular weight excluding hydrogens is 1000 g/mol. The lowest BCUT2D eigenvalue weighted by Gasteiger charge is -2.10. The zero-order valence-electron chi connectivity index (χ0n) is 33.0. The molecule has 342 valence electrons. The van der Waals surface area contributed by atoms with E-state index in [2.05, 4.69) is 50.3 Å². The Labute approximate surface area is 386 Å². The predicted molar refractivity (Wildman–Crippen MR) is 240 cm³/mol. The minimum absolute atomic E-state index is 0.00425. The molecule has 3 aliphatic rings. The Hall–Kier alpha value is -6.60. The summed E-state index contributed by atoms with van der Waals surface area (Å²) in [4.78, 5) is 39.5. The summed E-state index contributed by atoms with van der Waals surface area (Å²) in [6, 6.07) is 14.9. The molecule has 0 saturated heterocycles. The second-order valence-corrected chi connectivity index (χ2v) is 21.3. The highest BCUT2D eigenvalue weighted by molar-refractivity contribution is 7.89. The van der Waals surface area contributed by atoms with Crippen LogP contribution in [-0.4, -0.2) is 103 Å². The van der Waals surface area contributed by atoms with Gasteiger partial charge in [-0.15, -0.1) is 0 Å². The maximum absolute atomic E-state index is 13.7. The third kappa shape index (κ3) is 8.32. The van der Waals surface area contributed by atoms with Gasteiger partial charge in [-0.2, -0.15) is 40.2 Å². The molecule has 7 aromatic rings. The molecule has 0 saturated carbocycles. The van der Waals surface area contributed by atoms with Crippen molar-refractivity contribution in [2.45, 2.75) is 25.7 Å². The summed E-state index contributed by atoms with van der Waals surface area (Å²) in [7, 11) is -18.5. The lowest BCUT2D eigenvalue weighted by atomic mass is 10.1. The first-order chi connectivity index (χ1) is 31.6. The minimum atomic E-state index is -4.75. The Balaban J connectivity index is 1.18. The molecule has 1 atom stereocenters. The standard InChI is InChI=1S/C37H25Cl2N13O11S4/c38-35-50-36(39)52-37(51-35)40-9-10-41-64(53,54)15-1-5-19-23(11-15)31-42-27(19)44-32-25-13-17(66(58,59)60)3-7-21(25)29(46-32)48-34-26-14-18(67(61,62)63)4-8-22(26)30(49-34)47-33-24-12-16(65(55,56)57)2-6-20(24)28(43-31)45-33/h1-8,11-14,31,41,46H,9-10H2,(H,42,44)(H,55,56,57)(H,58,59,60)(H,61,62,63)(H,40,50,51,52)(H,43,45,47,48,49). The molecule has 0 amide bonds. The minimum Gasteiger partial charge on any atom is -0.353 e. The summed E-state index contributed by atoms with van der Waals surface area (Å²) in [6.07, 6.45) is -1.14. The number of aromatic amines is 2. The van der Waals surface area contributed by atoms with Crippen molar-refractivity contribution in [1.29, 1.82) is 0 Å². The van der Waals surface area contributed by atoms with Crippen molar-refractivity contribution in [2.75, 3.05) is 18.4 Å². The number of H-pyrrole nitrogens is 2. The van der Waals surface area contributed by atoms with Crippen LogP contribution in [0.4, 0.5) is 17.6 Å². The highest BCUT2D eigenvalue weighted by atomic mass is 35.5. The van der Waals surface area contributed by atoms with Crippen LogP contribution in [0.25, 0.3) is 21.5 Å². The third-order valence-corrected chi connectivity index (χ3v) is 14.8. The average Bonchev–Trinajstić information content (AvgIpc) is 3.98. The Morgan fingerprint density at radius 3 is 1.85 bits per heavy atom. The zero-order chi connectivity index (χ0) is 47.4. The van der Waals surface area contributed by atoms with Crippen molar-refractivity contribution in [1.82, 2.24) is 35.0 Å². The van der Waals surface area contributed by atoms with Crippen LogP contribution < -0.4 is 26.3 Å². The maximum atomic E-state index is 13.7. The summed E-state index contributed by atoms with van der Waals surface area (Å²) >= 11 is 11.7. The molecule has 3 aliphatic heterocycles. The molecule has 1 unspecified atom stereocenters. The number of anilines is 1. The Kier molecular flexibility index (Phi) is 10.4. The van der Waals surface area contributed by atoms with Crippen LogP contribution in [0.2, 0.25) is 10.6 Å². The number of amidine groups is 3. The fourth-order valence-electron chi connectivity index (χ4n) is 7.42. The van der Waals surface area contributed by atoms with Crippen molar-refractivity contribution in [2.24, 2.45) is 25.0 Å². The van der Waals surface area contributed by atoms with Gasteiger partial charge in [-0.05, 0) is 96.0 Å². The quantitative estimate of drug-likeness (QED) is 0.0761. The van der Waals surface area contributed by atoms with E-state index in [9.17, 15) is 47.3 Å². The first-order valence-corrected chi connectivity index (χ1v) is 25.4. The van der Waals surface area contributed by atoms with Crippen molar-refractivity contribution in [3.63, 3.8) is 0 Å². The molecule has 67 heavy (non-hydrogen) atoms. The molecule has 8 N–H and O–H groups in total. The molecule has 30 heteroatoms. The first kappa shape index (κ1) is 44.2. The molecule has 4 aromatic carbocycles. The SMILES string of the molecule is O=S(=O)(O)c1ccc2c(c1)/C1=N/c3[nH]c(c4cc(S(=O)(=O)O)ccc34)/N=C3\NC(/N=c4\[nH]c(c5cc(S(=O)(=O)O)ccc45)=NC2=N1)c1cc(S(=O)(=O)NCCNc2nc(Cl)nc(Cl)n2)ccc13. The number of aromatic nitrogens is 5. The van der Waals surface area contributed by atoms with E-state index in [1.165, 1.54) is 36.4 Å². The predicted octanol–water partition coefficient (Wildman–Crippen LogP) is 2.74. The lowest BCUT2D eigenvalue weighted by Crippen LogP contribution is -2.29. The largest absolute Gasteiger partial charge is 0.353 e. The van der Waals surface area contributed by atoms with Crippen LogP contribution in [0.5, 0.6) is 0 Å². The van der Waals surface area contributed by atoms with E-state index in [4.69, 9.17) is 38.2 Å². The molecule has 0 spiro atoms. The van der Waals surface area contributed by atoms with E-state index >= 15 is 0 Å². The molecule has 3 aromatic heterocycles. The molecule has 0 aliphatic carbocycles. The number of halogens is 2. The number of aliphatic imine (C=N–C) groups is 3. The number of sulfonamides is 1. The number of rotatable bonds is 9. The van der Waals surface area contributed by atoms with Crippen LogP contribution in [0.3, 0.4) is 0 Å². The van der Waals surface area contributed by atoms with E-state index in [1.54, 1.807) is 0 Å². The second kappa shape index (κ2) is 15.8. The second-order valence-electron chi connectivity index (χ2n) is 14.6. The number of nitrogens with one attached hydrogen (secondary N) is 5. The topological polar surface area (TPSA) is 365 Å². The molecular formula is C37H25Cl2N13O11S4. The van der Waals surface area contributed by atoms with E-state index in [-0.39, 0.29) is 113 Å². The van der Waals surface area contributed by atoms with E-state index in [1.807, 2.05) is 0 Å². The Morgan fingerprint density at radius 1 is 0.552 bits per heavy atom. The van der Waals surface area contributed by atoms with Gasteiger partial charge in [0.1, 0.15) is 34.6 Å². The van der Waals surface area contributed by atoms with Crippen LogP contribution >= 0.6 is 23.2 Å². The summed E-state index contributed by atoms with van der Waals surface area (Å²) < 4.78 is 134. The number of benzene rings is 4. The molecule has 6 heterocycles. The van der Waals surface area contributed by atoms with Gasteiger partial charge >= 0.3 is 0 Å². The zero-order valence-corrected chi connectivity index (χ0v) is 37.8. The van der Waals surface area contributed by atoms with Crippen molar-refractivity contribution < 1.29 is 47.3 Å². The van der Waals surface area contributed by atoms with Gasteiger partial charge in [0.15, 0.2) is 11.7 Å². The smallest absolute Gasteiger partial charge is 0.294 e. The van der Waals surface area contributed by atoms with Gasteiger partial charge in [-0.1, -0.05) is 0 Å². The average molecular weight is 1030 g/mol. The third-order valence-electron chi connectivity index (χ3n) is 10.4. The summed E-state index contributed by atoms with van der Waals surface area (Å²) in [5.41, 5.74) is 0.921. The van der Waals surface area contributed by atoms with Gasteiger partial charge in [-0.25, -0.2) is 38.1 Å². The highest BCUT2D eigenvalue weighted by Gasteiger charge is 2.31. The number of hydrogen-bond acceptors (Lipinski definition) is 18. The van der Waals surface area contributed by atoms with Gasteiger partial charge in [0, 0.05) is 56.9 Å². The molecule has 0 fully saturated rings. The molecule has 24 nitrogen and oxygen atoms in total. The molecule has 10 rings (SSSR count). The monoisotopic (exact) mass is 1030 g/mol. The fourth-order valence-corrected chi connectivity index (χ4v) is 10.4. The Morgan fingerprint density at radius 2 is 1.15 bits per heavy atom. The fraction of sp³-hybridized carbons (Fsp3) is 0.0811. The number of hydrogen-bond donors (Lipinski definition) is 8. The van der Waals surface area contributed by atoms with Gasteiger partial charge in [-0.3, -0.25) is 13.7 Å². The molecule has 8 bridgehead atoms. The number of nitrogens with zero attached hydrogens (tertiary/aromatic N) is 8. The summed E-state index contributed by atoms with van der Waals surface area (Å²) in [5, 5.41) is 6.39. The van der Waals surface area contributed by atoms with E-state index < -0.39 is 61.2 Å². The summed E-state index contributed by atoms with van der Waals surface area (Å²) in [5.74, 6) is -0.130. The Bertz CT molecular complexity index is 4050. The first-order valence-electron chi connectivity index (χ1n) is 18.9. The number of fused-ring (bicyclic) bond motifs is 19. The van der Waals surface area contributed by atoms with Gasteiger partial charge in [0.25, 0.3) is 30.4 Å². The van der Waals surface area contributed by atoms with E-state index in [0.717, 1.165) is 36.4 Å². The van der Waals surface area contributed by atoms with Crippen molar-refractivity contribution >= 4 is 120 Å². The van der Waals surface area contributed by atoms with Gasteiger partial charge in [0.05, 0.1) is 19.6 Å². The van der Waals surface area contributed by atoms with E-state index in [0.29, 0.717) is 5.56 Å². The van der Waals surface area contributed by atoms with Crippen LogP contribution in [0, 0.1) is 0 Å². The molecule has 0 radical (unpaired) electrons. The van der Waals surface area contributed by atoms with Crippen LogP contribution in [-0.2, 0) is 40.4 Å². The van der Waals surface area contributed by atoms with Gasteiger partial charge < -0.3 is 20.6 Å². The van der Waals surface area contributed by atoms with Crippen molar-refractivity contribution in [3.05, 3.63) is 117 Å². The van der Waals surface area contributed by atoms with Crippen LogP contribution in [0.15, 0.2) is 117 Å². The highest BCUT2D eigenvalue weighted by Crippen LogP contribution is 2.39. The lowest BCUT2D eigenvalue weighted by molar-refractivity contribution is 0.481. The van der Waals surface area contributed by atoms with Crippen molar-refractivity contribution in [3.8, 4) is 0 Å². The van der Waals surface area contributed by atoms with Crippen LogP contribution in [0.1, 0.15) is 28.4 Å².